The predicted octanol–water partition coefficient (Wildman–Crippen LogP) is 2.90. The number of nitrogens with one attached hydrogen (secondary N) is 1. The van der Waals surface area contributed by atoms with E-state index in [1.165, 1.54) is 12.8 Å². The average Bonchev–Trinajstić information content (AvgIpc) is 2.31. The Bertz CT molecular complexity index is 372. The molecule has 1 aromatic carbocycles. The number of aromatic hydroxyl groups is 1. The molecular weight excluding hydrogens is 222 g/mol. The van der Waals surface area contributed by atoms with Crippen molar-refractivity contribution in [2.45, 2.75) is 26.2 Å². The molecule has 16 heavy (non-hydrogen) atoms. The maximum Gasteiger partial charge on any atom is 0.123 e. The lowest BCUT2D eigenvalue weighted by Gasteiger charge is -2.23. The minimum absolute atomic E-state index is 0.381. The Morgan fingerprint density at radius 2 is 2.06 bits per heavy atom. The van der Waals surface area contributed by atoms with E-state index in [2.05, 4.69) is 5.32 Å². The zero-order valence-electron chi connectivity index (χ0n) is 9.59. The number of halogens is 1. The van der Waals surface area contributed by atoms with Crippen LogP contribution in [0.25, 0.3) is 0 Å². The van der Waals surface area contributed by atoms with E-state index in [1.807, 2.05) is 19.1 Å². The monoisotopic (exact) mass is 239 g/mol. The summed E-state index contributed by atoms with van der Waals surface area (Å²) in [6.07, 6.45) is 3.24. The summed E-state index contributed by atoms with van der Waals surface area (Å²) in [5.74, 6) is 1.03. The van der Waals surface area contributed by atoms with Gasteiger partial charge in [-0.3, -0.25) is 0 Å². The van der Waals surface area contributed by atoms with Crippen LogP contribution in [0.4, 0.5) is 0 Å². The number of phenolic OH excluding ortho intramolecular Hbond substituents is 1. The maximum atomic E-state index is 10.0. The highest BCUT2D eigenvalue weighted by Gasteiger charge is 2.17. The van der Waals surface area contributed by atoms with E-state index < -0.39 is 0 Å². The van der Waals surface area contributed by atoms with Crippen LogP contribution < -0.4 is 5.32 Å². The van der Waals surface area contributed by atoms with E-state index in [0.29, 0.717) is 16.7 Å². The highest BCUT2D eigenvalue weighted by Crippen LogP contribution is 2.32. The van der Waals surface area contributed by atoms with E-state index >= 15 is 0 Å². The lowest BCUT2D eigenvalue weighted by Crippen LogP contribution is -2.28. The zero-order valence-corrected chi connectivity index (χ0v) is 10.3. The minimum atomic E-state index is 0.381. The zero-order chi connectivity index (χ0) is 11.5. The molecule has 1 aromatic rings. The van der Waals surface area contributed by atoms with Crippen molar-refractivity contribution in [1.82, 2.24) is 5.32 Å². The first kappa shape index (κ1) is 11.7. The van der Waals surface area contributed by atoms with Crippen LogP contribution in [0, 0.1) is 12.8 Å². The molecule has 0 bridgehead atoms. The van der Waals surface area contributed by atoms with E-state index in [-0.39, 0.29) is 0 Å². The quantitative estimate of drug-likeness (QED) is 0.832. The number of rotatable bonds is 2. The van der Waals surface area contributed by atoms with Crippen LogP contribution in [0.2, 0.25) is 5.02 Å². The molecule has 0 unspecified atom stereocenters. The Balaban J connectivity index is 2.16. The summed E-state index contributed by atoms with van der Waals surface area (Å²) in [6, 6.07) is 3.75. The van der Waals surface area contributed by atoms with Crippen LogP contribution in [0.3, 0.4) is 0 Å². The molecular formula is C13H18ClNO. The highest BCUT2D eigenvalue weighted by molar-refractivity contribution is 6.31. The van der Waals surface area contributed by atoms with Gasteiger partial charge in [-0.15, -0.1) is 0 Å². The molecule has 0 spiro atoms. The fraction of sp³-hybridized carbons (Fsp3) is 0.538. The number of hydrogen-bond acceptors (Lipinski definition) is 2. The van der Waals surface area contributed by atoms with Crippen LogP contribution in [-0.2, 0) is 6.42 Å². The van der Waals surface area contributed by atoms with E-state index in [4.69, 9.17) is 11.6 Å². The van der Waals surface area contributed by atoms with Gasteiger partial charge in [-0.2, -0.15) is 0 Å². The molecule has 1 saturated heterocycles. The van der Waals surface area contributed by atoms with Crippen LogP contribution in [0.5, 0.6) is 5.75 Å². The van der Waals surface area contributed by atoms with Crippen molar-refractivity contribution in [2.24, 2.45) is 5.92 Å². The second kappa shape index (κ2) is 5.07. The third kappa shape index (κ3) is 2.50. The largest absolute Gasteiger partial charge is 0.507 e. The summed E-state index contributed by atoms with van der Waals surface area (Å²) in [5, 5.41) is 14.1. The first-order valence-electron chi connectivity index (χ1n) is 5.86. The van der Waals surface area contributed by atoms with Gasteiger partial charge in [0.15, 0.2) is 0 Å². The molecule has 0 atom stereocenters. The van der Waals surface area contributed by atoms with Gasteiger partial charge in [0, 0.05) is 10.6 Å². The Labute approximate surface area is 102 Å². The van der Waals surface area contributed by atoms with Crippen molar-refractivity contribution >= 4 is 11.6 Å². The molecule has 1 aliphatic rings. The molecule has 3 heteroatoms. The molecule has 1 heterocycles. The summed E-state index contributed by atoms with van der Waals surface area (Å²) in [4.78, 5) is 0. The molecule has 0 saturated carbocycles. The second-order valence-corrected chi connectivity index (χ2v) is 5.00. The highest BCUT2D eigenvalue weighted by atomic mass is 35.5. The molecule has 0 aliphatic carbocycles. The molecule has 2 N–H and O–H groups in total. The Morgan fingerprint density at radius 1 is 1.38 bits per heavy atom. The molecule has 88 valence electrons. The van der Waals surface area contributed by atoms with Crippen LogP contribution in [0.15, 0.2) is 12.1 Å². The number of benzene rings is 1. The van der Waals surface area contributed by atoms with Crippen molar-refractivity contribution < 1.29 is 5.11 Å². The van der Waals surface area contributed by atoms with Crippen molar-refractivity contribution in [3.8, 4) is 5.75 Å². The Kier molecular flexibility index (Phi) is 3.72. The summed E-state index contributed by atoms with van der Waals surface area (Å²) in [6.45, 7) is 4.07. The molecule has 0 amide bonds. The van der Waals surface area contributed by atoms with Crippen molar-refractivity contribution in [3.05, 3.63) is 28.3 Å². The molecule has 2 rings (SSSR count). The predicted molar refractivity (Wildman–Crippen MR) is 67.2 cm³/mol. The summed E-state index contributed by atoms with van der Waals surface area (Å²) in [5.41, 5.74) is 1.84. The van der Waals surface area contributed by atoms with Gasteiger partial charge in [-0.25, -0.2) is 0 Å². The molecule has 0 aromatic heterocycles. The summed E-state index contributed by atoms with van der Waals surface area (Å²) in [7, 11) is 0. The van der Waals surface area contributed by atoms with E-state index in [0.717, 1.165) is 30.6 Å². The minimum Gasteiger partial charge on any atom is -0.507 e. The van der Waals surface area contributed by atoms with Gasteiger partial charge < -0.3 is 10.4 Å². The third-order valence-electron chi connectivity index (χ3n) is 3.38. The average molecular weight is 240 g/mol. The first-order chi connectivity index (χ1) is 7.68. The van der Waals surface area contributed by atoms with E-state index in [9.17, 15) is 5.11 Å². The lowest BCUT2D eigenvalue weighted by atomic mass is 9.90. The first-order valence-corrected chi connectivity index (χ1v) is 6.24. The van der Waals surface area contributed by atoms with Crippen molar-refractivity contribution in [3.63, 3.8) is 0 Å². The van der Waals surface area contributed by atoms with Crippen LogP contribution in [-0.4, -0.2) is 18.2 Å². The van der Waals surface area contributed by atoms with Gasteiger partial charge in [0.1, 0.15) is 5.75 Å². The molecule has 1 aliphatic heterocycles. The Morgan fingerprint density at radius 3 is 2.75 bits per heavy atom. The molecule has 1 fully saturated rings. The second-order valence-electron chi connectivity index (χ2n) is 4.59. The third-order valence-corrected chi connectivity index (χ3v) is 3.73. The summed E-state index contributed by atoms with van der Waals surface area (Å²) >= 11 is 6.15. The van der Waals surface area contributed by atoms with Crippen LogP contribution in [0.1, 0.15) is 24.0 Å². The normalized spacial score (nSPS) is 17.6. The standard InChI is InChI=1S/C13H18ClNO/c1-9-2-3-12(14)11(13(9)16)8-10-4-6-15-7-5-10/h2-3,10,15-16H,4-8H2,1H3. The van der Waals surface area contributed by atoms with Crippen molar-refractivity contribution in [1.29, 1.82) is 0 Å². The fourth-order valence-electron chi connectivity index (χ4n) is 2.30. The number of piperidine rings is 1. The van der Waals surface area contributed by atoms with Gasteiger partial charge in [0.2, 0.25) is 0 Å². The topological polar surface area (TPSA) is 32.3 Å². The molecule has 2 nitrogen and oxygen atoms in total. The molecule has 0 radical (unpaired) electrons. The Hall–Kier alpha value is -0.730. The maximum absolute atomic E-state index is 10.0. The van der Waals surface area contributed by atoms with Crippen LogP contribution >= 0.6 is 11.6 Å². The summed E-state index contributed by atoms with van der Waals surface area (Å²) < 4.78 is 0. The van der Waals surface area contributed by atoms with Gasteiger partial charge in [0.05, 0.1) is 0 Å². The van der Waals surface area contributed by atoms with Gasteiger partial charge >= 0.3 is 0 Å². The van der Waals surface area contributed by atoms with Gasteiger partial charge in [-0.05, 0) is 56.8 Å². The van der Waals surface area contributed by atoms with Gasteiger partial charge in [0.25, 0.3) is 0 Å². The number of hydrogen-bond donors (Lipinski definition) is 2. The fourth-order valence-corrected chi connectivity index (χ4v) is 2.53. The smallest absolute Gasteiger partial charge is 0.123 e. The van der Waals surface area contributed by atoms with E-state index in [1.54, 1.807) is 0 Å². The van der Waals surface area contributed by atoms with Crippen molar-refractivity contribution in [2.75, 3.05) is 13.1 Å². The number of aryl methyl sites for hydroxylation is 1. The lowest BCUT2D eigenvalue weighted by molar-refractivity contribution is 0.366. The SMILES string of the molecule is Cc1ccc(Cl)c(CC2CCNCC2)c1O. The number of phenols is 1. The van der Waals surface area contributed by atoms with Gasteiger partial charge in [-0.1, -0.05) is 17.7 Å².